The highest BCUT2D eigenvalue weighted by Crippen LogP contribution is 2.23. The normalized spacial score (nSPS) is 10.7. The van der Waals surface area contributed by atoms with E-state index >= 15 is 0 Å². The summed E-state index contributed by atoms with van der Waals surface area (Å²) in [5, 5.41) is 3.42. The van der Waals surface area contributed by atoms with Crippen LogP contribution in [0.1, 0.15) is 27.9 Å². The maximum Gasteiger partial charge on any atom is 0.128 e. The first kappa shape index (κ1) is 15.8. The lowest BCUT2D eigenvalue weighted by atomic mass is 10.1. The van der Waals surface area contributed by atoms with E-state index in [1.54, 1.807) is 7.11 Å². The Morgan fingerprint density at radius 2 is 1.76 bits per heavy atom. The first-order chi connectivity index (χ1) is 10.2. The fourth-order valence-electron chi connectivity index (χ4n) is 2.32. The van der Waals surface area contributed by atoms with E-state index in [0.717, 1.165) is 41.2 Å². The largest absolute Gasteiger partial charge is 0.496 e. The van der Waals surface area contributed by atoms with Crippen LogP contribution in [-0.2, 0) is 19.0 Å². The molecule has 0 fully saturated rings. The quantitative estimate of drug-likeness (QED) is 0.826. The minimum absolute atomic E-state index is 0.556. The Hall–Kier alpha value is -1.58. The summed E-state index contributed by atoms with van der Waals surface area (Å²) < 4.78 is 5.43. The molecule has 0 aliphatic carbocycles. The summed E-state index contributed by atoms with van der Waals surface area (Å²) in [6.07, 6.45) is 1.86. The van der Waals surface area contributed by atoms with Crippen LogP contribution < -0.4 is 10.1 Å². The van der Waals surface area contributed by atoms with Gasteiger partial charge >= 0.3 is 0 Å². The lowest BCUT2D eigenvalue weighted by molar-refractivity contribution is 0.406. The Morgan fingerprint density at radius 3 is 2.38 bits per heavy atom. The third kappa shape index (κ3) is 3.96. The second-order valence-corrected chi connectivity index (χ2v) is 5.37. The van der Waals surface area contributed by atoms with Crippen LogP contribution in [0.15, 0.2) is 30.5 Å². The Bertz CT molecular complexity index is 596. The highest BCUT2D eigenvalue weighted by Gasteiger charge is 2.08. The van der Waals surface area contributed by atoms with Gasteiger partial charge in [0.1, 0.15) is 5.75 Å². The second kappa shape index (κ2) is 7.43. The summed E-state index contributed by atoms with van der Waals surface area (Å²) in [5.74, 6) is 1.48. The van der Waals surface area contributed by atoms with E-state index < -0.39 is 0 Å². The van der Waals surface area contributed by atoms with Gasteiger partial charge in [0.25, 0.3) is 0 Å². The fourth-order valence-corrected chi connectivity index (χ4v) is 2.50. The van der Waals surface area contributed by atoms with Gasteiger partial charge in [-0.05, 0) is 25.0 Å². The predicted molar refractivity (Wildman–Crippen MR) is 86.8 cm³/mol. The summed E-state index contributed by atoms with van der Waals surface area (Å²) in [6, 6.07) is 8.31. The molecule has 1 aromatic carbocycles. The molecule has 2 rings (SSSR count). The Labute approximate surface area is 131 Å². The number of rotatable bonds is 6. The van der Waals surface area contributed by atoms with Crippen molar-refractivity contribution in [2.75, 3.05) is 7.11 Å². The molecule has 2 aromatic rings. The van der Waals surface area contributed by atoms with Crippen molar-refractivity contribution in [2.24, 2.45) is 0 Å². The summed E-state index contributed by atoms with van der Waals surface area (Å²) in [4.78, 5) is 4.49. The summed E-state index contributed by atoms with van der Waals surface area (Å²) in [5.41, 5.74) is 5.56. The van der Waals surface area contributed by atoms with Crippen LogP contribution in [0.5, 0.6) is 5.75 Å². The molecule has 0 radical (unpaired) electrons. The third-order valence-electron chi connectivity index (χ3n) is 3.55. The van der Waals surface area contributed by atoms with Gasteiger partial charge in [-0.2, -0.15) is 0 Å². The monoisotopic (exact) mass is 304 g/mol. The van der Waals surface area contributed by atoms with Gasteiger partial charge in [0.15, 0.2) is 0 Å². The van der Waals surface area contributed by atoms with Crippen molar-refractivity contribution in [1.82, 2.24) is 10.3 Å². The minimum Gasteiger partial charge on any atom is -0.496 e. The predicted octanol–water partition coefficient (Wildman–Crippen LogP) is 3.74. The maximum atomic E-state index is 5.79. The molecule has 0 spiro atoms. The molecule has 1 aromatic heterocycles. The Balaban J connectivity index is 1.97. The number of pyridine rings is 1. The van der Waals surface area contributed by atoms with Crippen LogP contribution in [-0.4, -0.2) is 12.1 Å². The average Bonchev–Trinajstić information content (AvgIpc) is 2.51. The molecular formula is C17H21ClN2O. The zero-order valence-corrected chi connectivity index (χ0v) is 13.5. The first-order valence-electron chi connectivity index (χ1n) is 6.99. The molecule has 0 aliphatic heterocycles. The summed E-state index contributed by atoms with van der Waals surface area (Å²) >= 11 is 5.79. The molecule has 0 saturated carbocycles. The van der Waals surface area contributed by atoms with Gasteiger partial charge in [0.2, 0.25) is 0 Å². The van der Waals surface area contributed by atoms with Gasteiger partial charge in [-0.1, -0.05) is 24.3 Å². The molecule has 0 amide bonds. The van der Waals surface area contributed by atoms with E-state index in [-0.39, 0.29) is 0 Å². The number of ether oxygens (including phenoxy) is 1. The van der Waals surface area contributed by atoms with Gasteiger partial charge in [0, 0.05) is 36.3 Å². The van der Waals surface area contributed by atoms with E-state index in [9.17, 15) is 0 Å². The van der Waals surface area contributed by atoms with Crippen LogP contribution >= 0.6 is 11.6 Å². The topological polar surface area (TPSA) is 34.1 Å². The van der Waals surface area contributed by atoms with Crippen LogP contribution in [0.2, 0.25) is 0 Å². The molecule has 1 N–H and O–H groups in total. The molecule has 112 valence electrons. The van der Waals surface area contributed by atoms with Gasteiger partial charge < -0.3 is 10.1 Å². The zero-order chi connectivity index (χ0) is 15.2. The molecular weight excluding hydrogens is 284 g/mol. The van der Waals surface area contributed by atoms with Crippen molar-refractivity contribution in [2.45, 2.75) is 32.8 Å². The number of halogens is 1. The summed E-state index contributed by atoms with van der Waals surface area (Å²) in [6.45, 7) is 5.58. The van der Waals surface area contributed by atoms with Gasteiger partial charge in [-0.3, -0.25) is 4.98 Å². The maximum absolute atomic E-state index is 5.79. The fraction of sp³-hybridized carbons (Fsp3) is 0.353. The van der Waals surface area contributed by atoms with E-state index in [2.05, 4.69) is 34.6 Å². The number of nitrogens with one attached hydrogen (secondary N) is 1. The highest BCUT2D eigenvalue weighted by atomic mass is 35.5. The Kier molecular flexibility index (Phi) is 5.59. The van der Waals surface area contributed by atoms with Crippen molar-refractivity contribution >= 4 is 11.6 Å². The second-order valence-electron chi connectivity index (χ2n) is 5.10. The number of methoxy groups -OCH3 is 1. The number of nitrogens with zero attached hydrogens (tertiary/aromatic N) is 1. The number of benzene rings is 1. The summed E-state index contributed by atoms with van der Waals surface area (Å²) in [7, 11) is 1.70. The molecule has 0 saturated heterocycles. The van der Waals surface area contributed by atoms with Gasteiger partial charge in [-0.25, -0.2) is 0 Å². The lowest BCUT2D eigenvalue weighted by Gasteiger charge is -2.13. The highest BCUT2D eigenvalue weighted by molar-refractivity contribution is 6.17. The average molecular weight is 305 g/mol. The smallest absolute Gasteiger partial charge is 0.128 e. The van der Waals surface area contributed by atoms with Gasteiger partial charge in [0.05, 0.1) is 12.8 Å². The molecule has 0 aliphatic rings. The van der Waals surface area contributed by atoms with E-state index in [1.807, 2.05) is 20.0 Å². The third-order valence-corrected chi connectivity index (χ3v) is 3.86. The number of aryl methyl sites for hydroxylation is 1. The van der Waals surface area contributed by atoms with Crippen LogP contribution in [0, 0.1) is 13.8 Å². The molecule has 3 nitrogen and oxygen atoms in total. The molecule has 0 atom stereocenters. The molecule has 4 heteroatoms. The number of hydrogen-bond donors (Lipinski definition) is 1. The number of hydrogen-bond acceptors (Lipinski definition) is 3. The van der Waals surface area contributed by atoms with Crippen molar-refractivity contribution < 1.29 is 4.74 Å². The first-order valence-corrected chi connectivity index (χ1v) is 7.52. The zero-order valence-electron chi connectivity index (χ0n) is 12.7. The Morgan fingerprint density at radius 1 is 1.10 bits per heavy atom. The lowest BCUT2D eigenvalue weighted by Crippen LogP contribution is -2.15. The molecule has 0 unspecified atom stereocenters. The molecule has 0 bridgehead atoms. The molecule has 21 heavy (non-hydrogen) atoms. The van der Waals surface area contributed by atoms with Crippen LogP contribution in [0.25, 0.3) is 0 Å². The van der Waals surface area contributed by atoms with E-state index in [4.69, 9.17) is 16.3 Å². The van der Waals surface area contributed by atoms with Gasteiger partial charge in [-0.15, -0.1) is 11.6 Å². The molecule has 1 heterocycles. The van der Waals surface area contributed by atoms with E-state index in [1.165, 1.54) is 5.56 Å². The standard InChI is InChI=1S/C17H21ClN2O/c1-12-9-20-16(13(2)17(12)21-3)11-19-10-15-6-4-14(8-18)5-7-15/h4-7,9,19H,8,10-11H2,1-3H3. The van der Waals surface area contributed by atoms with Crippen molar-refractivity contribution in [1.29, 1.82) is 0 Å². The van der Waals surface area contributed by atoms with Crippen molar-refractivity contribution in [3.8, 4) is 5.75 Å². The number of aromatic nitrogens is 1. The van der Waals surface area contributed by atoms with E-state index in [0.29, 0.717) is 5.88 Å². The number of alkyl halides is 1. The SMILES string of the molecule is COc1c(C)cnc(CNCc2ccc(CCl)cc2)c1C. The minimum atomic E-state index is 0.556. The van der Waals surface area contributed by atoms with Crippen LogP contribution in [0.4, 0.5) is 0 Å². The van der Waals surface area contributed by atoms with Crippen LogP contribution in [0.3, 0.4) is 0 Å². The van der Waals surface area contributed by atoms with Crippen molar-refractivity contribution in [3.05, 3.63) is 58.4 Å². The van der Waals surface area contributed by atoms with Crippen molar-refractivity contribution in [3.63, 3.8) is 0 Å².